The van der Waals surface area contributed by atoms with Crippen LogP contribution in [-0.4, -0.2) is 42.6 Å². The van der Waals surface area contributed by atoms with Crippen molar-refractivity contribution in [2.45, 2.75) is 37.8 Å². The maximum atomic E-state index is 12.4. The summed E-state index contributed by atoms with van der Waals surface area (Å²) >= 11 is 0. The number of nitrogens with zero attached hydrogens (tertiary/aromatic N) is 1. The fraction of sp³-hybridized carbons (Fsp3) is 0.562. The molecule has 0 bridgehead atoms. The van der Waals surface area contributed by atoms with E-state index in [4.69, 9.17) is 4.74 Å². The van der Waals surface area contributed by atoms with Gasteiger partial charge < -0.3 is 15.0 Å². The molecule has 1 aliphatic carbocycles. The molecular weight excluding hydrogens is 252 g/mol. The Balaban J connectivity index is 1.52. The second-order valence-corrected chi connectivity index (χ2v) is 5.67. The van der Waals surface area contributed by atoms with Gasteiger partial charge >= 0.3 is 0 Å². The Morgan fingerprint density at radius 2 is 2.05 bits per heavy atom. The van der Waals surface area contributed by atoms with Crippen LogP contribution in [0.4, 0.5) is 0 Å². The Bertz CT molecular complexity index is 439. The van der Waals surface area contributed by atoms with Crippen molar-refractivity contribution in [1.29, 1.82) is 0 Å². The summed E-state index contributed by atoms with van der Waals surface area (Å²) in [5.74, 6) is 0.876. The smallest absolute Gasteiger partial charge is 0.260 e. The topological polar surface area (TPSA) is 41.6 Å². The van der Waals surface area contributed by atoms with Crippen molar-refractivity contribution in [2.75, 3.05) is 19.7 Å². The number of amides is 1. The molecule has 1 unspecified atom stereocenters. The predicted octanol–water partition coefficient (Wildman–Crippen LogP) is 1.81. The zero-order valence-electron chi connectivity index (χ0n) is 11.8. The van der Waals surface area contributed by atoms with Gasteiger partial charge in [0.05, 0.1) is 0 Å². The zero-order chi connectivity index (χ0) is 13.8. The molecule has 1 aromatic carbocycles. The van der Waals surface area contributed by atoms with Crippen molar-refractivity contribution in [1.82, 2.24) is 10.2 Å². The van der Waals surface area contributed by atoms with Crippen LogP contribution in [0.15, 0.2) is 30.3 Å². The molecule has 3 rings (SSSR count). The first-order valence-electron chi connectivity index (χ1n) is 7.53. The van der Waals surface area contributed by atoms with E-state index in [0.717, 1.165) is 31.7 Å². The van der Waals surface area contributed by atoms with Gasteiger partial charge in [-0.15, -0.1) is 0 Å². The minimum Gasteiger partial charge on any atom is -0.484 e. The fourth-order valence-electron chi connectivity index (χ4n) is 2.74. The van der Waals surface area contributed by atoms with Gasteiger partial charge in [0.1, 0.15) is 5.75 Å². The average Bonchev–Trinajstić information content (AvgIpc) is 3.20. The van der Waals surface area contributed by atoms with Gasteiger partial charge in [0.2, 0.25) is 0 Å². The maximum absolute atomic E-state index is 12.4. The van der Waals surface area contributed by atoms with Gasteiger partial charge in [-0.05, 0) is 44.4 Å². The van der Waals surface area contributed by atoms with E-state index in [9.17, 15) is 4.79 Å². The molecule has 4 heteroatoms. The summed E-state index contributed by atoms with van der Waals surface area (Å²) in [6.07, 6.45) is 4.68. The number of carbonyl (C=O) groups excluding carboxylic acids is 1. The molecule has 1 saturated carbocycles. The third-order valence-electron chi connectivity index (χ3n) is 3.99. The standard InChI is InChI=1S/C16H22N2O2/c19-16(12-20-15-6-2-1-3-7-15)18(14-8-9-14)11-13-5-4-10-17-13/h1-3,6-7,13-14,17H,4-5,8-12H2. The summed E-state index contributed by atoms with van der Waals surface area (Å²) in [5, 5.41) is 3.46. The molecule has 1 atom stereocenters. The number of hydrogen-bond acceptors (Lipinski definition) is 3. The third kappa shape index (κ3) is 3.51. The summed E-state index contributed by atoms with van der Waals surface area (Å²) in [6.45, 7) is 2.06. The van der Waals surface area contributed by atoms with Crippen LogP contribution in [0.25, 0.3) is 0 Å². The maximum Gasteiger partial charge on any atom is 0.260 e. The molecule has 1 N–H and O–H groups in total. The van der Waals surface area contributed by atoms with Crippen molar-refractivity contribution < 1.29 is 9.53 Å². The Kier molecular flexibility index (Phi) is 4.21. The molecule has 0 radical (unpaired) electrons. The normalized spacial score (nSPS) is 21.7. The molecule has 2 aliphatic rings. The van der Waals surface area contributed by atoms with Gasteiger partial charge in [-0.1, -0.05) is 18.2 Å². The zero-order valence-corrected chi connectivity index (χ0v) is 11.8. The lowest BCUT2D eigenvalue weighted by atomic mass is 10.2. The van der Waals surface area contributed by atoms with Gasteiger partial charge in [0.25, 0.3) is 5.91 Å². The van der Waals surface area contributed by atoms with Crippen molar-refractivity contribution >= 4 is 5.91 Å². The van der Waals surface area contributed by atoms with E-state index in [-0.39, 0.29) is 12.5 Å². The molecule has 1 aliphatic heterocycles. The summed E-state index contributed by atoms with van der Waals surface area (Å²) in [6, 6.07) is 10.5. The second kappa shape index (κ2) is 6.27. The summed E-state index contributed by atoms with van der Waals surface area (Å²) in [7, 11) is 0. The molecule has 1 heterocycles. The molecule has 1 aromatic rings. The van der Waals surface area contributed by atoms with Crippen LogP contribution >= 0.6 is 0 Å². The SMILES string of the molecule is O=C(COc1ccccc1)N(CC1CCCN1)C1CC1. The molecular formula is C16H22N2O2. The number of para-hydroxylation sites is 1. The number of rotatable bonds is 6. The molecule has 0 aromatic heterocycles. The van der Waals surface area contributed by atoms with Gasteiger partial charge in [0.15, 0.2) is 6.61 Å². The highest BCUT2D eigenvalue weighted by Crippen LogP contribution is 2.28. The largest absolute Gasteiger partial charge is 0.484 e. The van der Waals surface area contributed by atoms with Crippen molar-refractivity contribution in [3.63, 3.8) is 0 Å². The van der Waals surface area contributed by atoms with Gasteiger partial charge in [-0.2, -0.15) is 0 Å². The minimum absolute atomic E-state index is 0.116. The van der Waals surface area contributed by atoms with Gasteiger partial charge in [0, 0.05) is 18.6 Å². The Morgan fingerprint density at radius 3 is 2.70 bits per heavy atom. The van der Waals surface area contributed by atoms with Crippen LogP contribution in [0, 0.1) is 0 Å². The van der Waals surface area contributed by atoms with Gasteiger partial charge in [-0.3, -0.25) is 4.79 Å². The highest BCUT2D eigenvalue weighted by molar-refractivity contribution is 5.78. The lowest BCUT2D eigenvalue weighted by Crippen LogP contribution is -2.44. The highest BCUT2D eigenvalue weighted by Gasteiger charge is 2.34. The fourth-order valence-corrected chi connectivity index (χ4v) is 2.74. The van der Waals surface area contributed by atoms with Gasteiger partial charge in [-0.25, -0.2) is 0 Å². The molecule has 108 valence electrons. The molecule has 4 nitrogen and oxygen atoms in total. The quantitative estimate of drug-likeness (QED) is 0.860. The summed E-state index contributed by atoms with van der Waals surface area (Å²) < 4.78 is 5.58. The van der Waals surface area contributed by atoms with Crippen LogP contribution in [0.1, 0.15) is 25.7 Å². The first-order valence-corrected chi connectivity index (χ1v) is 7.53. The van der Waals surface area contributed by atoms with E-state index >= 15 is 0 Å². The first-order chi connectivity index (χ1) is 9.83. The van der Waals surface area contributed by atoms with Crippen LogP contribution in [-0.2, 0) is 4.79 Å². The number of benzene rings is 1. The lowest BCUT2D eigenvalue weighted by Gasteiger charge is -2.25. The van der Waals surface area contributed by atoms with Crippen LogP contribution in [0.5, 0.6) is 5.75 Å². The molecule has 2 fully saturated rings. The van der Waals surface area contributed by atoms with Crippen molar-refractivity contribution in [2.24, 2.45) is 0 Å². The molecule has 1 saturated heterocycles. The summed E-state index contributed by atoms with van der Waals surface area (Å²) in [5.41, 5.74) is 0. The summed E-state index contributed by atoms with van der Waals surface area (Å²) in [4.78, 5) is 14.4. The Morgan fingerprint density at radius 1 is 1.25 bits per heavy atom. The average molecular weight is 274 g/mol. The van der Waals surface area contributed by atoms with E-state index in [1.807, 2.05) is 35.2 Å². The van der Waals surface area contributed by atoms with Crippen molar-refractivity contribution in [3.05, 3.63) is 30.3 Å². The monoisotopic (exact) mass is 274 g/mol. The third-order valence-corrected chi connectivity index (χ3v) is 3.99. The highest BCUT2D eigenvalue weighted by atomic mass is 16.5. The molecule has 0 spiro atoms. The van der Waals surface area contributed by atoms with E-state index in [1.54, 1.807) is 0 Å². The Hall–Kier alpha value is -1.55. The van der Waals surface area contributed by atoms with Crippen molar-refractivity contribution in [3.8, 4) is 5.75 Å². The van der Waals surface area contributed by atoms with E-state index in [0.29, 0.717) is 12.1 Å². The second-order valence-electron chi connectivity index (χ2n) is 5.67. The minimum atomic E-state index is 0.116. The lowest BCUT2D eigenvalue weighted by molar-refractivity contribution is -0.134. The number of hydrogen-bond donors (Lipinski definition) is 1. The predicted molar refractivity (Wildman–Crippen MR) is 77.7 cm³/mol. The van der Waals surface area contributed by atoms with E-state index in [2.05, 4.69) is 5.32 Å². The van der Waals surface area contributed by atoms with Crippen LogP contribution < -0.4 is 10.1 Å². The van der Waals surface area contributed by atoms with Crippen LogP contribution in [0.3, 0.4) is 0 Å². The Labute approximate surface area is 120 Å². The number of nitrogens with one attached hydrogen (secondary N) is 1. The number of ether oxygens (including phenoxy) is 1. The van der Waals surface area contributed by atoms with E-state index in [1.165, 1.54) is 12.8 Å². The van der Waals surface area contributed by atoms with E-state index < -0.39 is 0 Å². The number of carbonyl (C=O) groups is 1. The molecule has 1 amide bonds. The molecule has 20 heavy (non-hydrogen) atoms. The first kappa shape index (κ1) is 13.4. The van der Waals surface area contributed by atoms with Crippen LogP contribution in [0.2, 0.25) is 0 Å².